The van der Waals surface area contributed by atoms with Crippen LogP contribution in [0.15, 0.2) is 24.3 Å². The molecule has 0 fully saturated rings. The van der Waals surface area contributed by atoms with Crippen LogP contribution in [-0.4, -0.2) is 11.7 Å². The van der Waals surface area contributed by atoms with Gasteiger partial charge in [0, 0.05) is 0 Å². The highest BCUT2D eigenvalue weighted by Gasteiger charge is 2.54. The molecule has 0 bridgehead atoms. The van der Waals surface area contributed by atoms with Gasteiger partial charge in [0.1, 0.15) is 5.54 Å². The summed E-state index contributed by atoms with van der Waals surface area (Å²) in [5, 5.41) is 0. The van der Waals surface area contributed by atoms with Gasteiger partial charge in [-0.25, -0.2) is 0 Å². The van der Waals surface area contributed by atoms with Crippen molar-refractivity contribution in [3.8, 4) is 0 Å². The summed E-state index contributed by atoms with van der Waals surface area (Å²) in [5.41, 5.74) is 4.73. The van der Waals surface area contributed by atoms with Crippen LogP contribution in [0.4, 0.5) is 13.2 Å². The Kier molecular flexibility index (Phi) is 1.86. The lowest BCUT2D eigenvalue weighted by Crippen LogP contribution is -2.54. The number of hydrogen-bond donors (Lipinski definition) is 1. The summed E-state index contributed by atoms with van der Waals surface area (Å²) in [6.45, 7) is 0. The Morgan fingerprint density at radius 1 is 1.07 bits per heavy atom. The first-order chi connectivity index (χ1) is 6.42. The zero-order valence-electron chi connectivity index (χ0n) is 7.43. The third kappa shape index (κ3) is 1.30. The predicted octanol–water partition coefficient (Wildman–Crippen LogP) is 2.04. The van der Waals surface area contributed by atoms with Gasteiger partial charge in [0.25, 0.3) is 0 Å². The zero-order chi connectivity index (χ0) is 10.4. The van der Waals surface area contributed by atoms with Gasteiger partial charge in [-0.1, -0.05) is 24.3 Å². The zero-order valence-corrected chi connectivity index (χ0v) is 7.43. The van der Waals surface area contributed by atoms with Crippen LogP contribution >= 0.6 is 0 Å². The Balaban J connectivity index is 2.35. The van der Waals surface area contributed by atoms with Gasteiger partial charge in [0.2, 0.25) is 0 Å². The van der Waals surface area contributed by atoms with Crippen molar-refractivity contribution in [2.75, 3.05) is 0 Å². The summed E-state index contributed by atoms with van der Waals surface area (Å²) in [6.07, 6.45) is -4.54. The molecule has 0 saturated carbocycles. The van der Waals surface area contributed by atoms with Gasteiger partial charge >= 0.3 is 6.18 Å². The van der Waals surface area contributed by atoms with Gasteiger partial charge in [-0.15, -0.1) is 0 Å². The fourth-order valence-electron chi connectivity index (χ4n) is 1.85. The molecule has 2 N–H and O–H groups in total. The van der Waals surface area contributed by atoms with E-state index in [0.29, 0.717) is 11.1 Å². The molecule has 0 amide bonds. The Morgan fingerprint density at radius 2 is 1.50 bits per heavy atom. The molecule has 0 aliphatic heterocycles. The number of halogens is 3. The quantitative estimate of drug-likeness (QED) is 0.683. The lowest BCUT2D eigenvalue weighted by Gasteiger charge is -2.26. The molecule has 0 aromatic heterocycles. The third-order valence-electron chi connectivity index (χ3n) is 2.69. The van der Waals surface area contributed by atoms with Gasteiger partial charge in [-0.3, -0.25) is 0 Å². The van der Waals surface area contributed by atoms with Crippen LogP contribution < -0.4 is 5.73 Å². The molecule has 0 saturated heterocycles. The van der Waals surface area contributed by atoms with E-state index in [1.165, 1.54) is 0 Å². The summed E-state index contributed by atoms with van der Waals surface area (Å²) in [7, 11) is 0. The van der Waals surface area contributed by atoms with Gasteiger partial charge in [0.05, 0.1) is 0 Å². The maximum absolute atomic E-state index is 12.6. The average Bonchev–Trinajstić information content (AvgIpc) is 2.40. The lowest BCUT2D eigenvalue weighted by atomic mass is 9.97. The van der Waals surface area contributed by atoms with Crippen molar-refractivity contribution in [3.05, 3.63) is 35.4 Å². The van der Waals surface area contributed by atoms with Crippen LogP contribution in [0.1, 0.15) is 11.1 Å². The monoisotopic (exact) mass is 201 g/mol. The van der Waals surface area contributed by atoms with E-state index < -0.39 is 11.7 Å². The van der Waals surface area contributed by atoms with Gasteiger partial charge in [-0.05, 0) is 24.0 Å². The molecule has 0 heterocycles. The van der Waals surface area contributed by atoms with Crippen molar-refractivity contribution in [1.82, 2.24) is 0 Å². The van der Waals surface area contributed by atoms with E-state index in [2.05, 4.69) is 0 Å². The molecule has 4 heteroatoms. The normalized spacial score (nSPS) is 19.4. The van der Waals surface area contributed by atoms with Crippen LogP contribution in [0, 0.1) is 0 Å². The number of hydrogen-bond acceptors (Lipinski definition) is 1. The average molecular weight is 201 g/mol. The van der Waals surface area contributed by atoms with E-state index in [-0.39, 0.29) is 12.8 Å². The highest BCUT2D eigenvalue weighted by molar-refractivity contribution is 5.36. The van der Waals surface area contributed by atoms with E-state index >= 15 is 0 Å². The molecule has 14 heavy (non-hydrogen) atoms. The van der Waals surface area contributed by atoms with Crippen LogP contribution in [0.2, 0.25) is 0 Å². The Morgan fingerprint density at radius 3 is 1.86 bits per heavy atom. The van der Waals surface area contributed by atoms with Crippen LogP contribution in [0.25, 0.3) is 0 Å². The van der Waals surface area contributed by atoms with Gasteiger partial charge < -0.3 is 5.73 Å². The molecule has 76 valence electrons. The van der Waals surface area contributed by atoms with Crippen molar-refractivity contribution in [3.63, 3.8) is 0 Å². The van der Waals surface area contributed by atoms with E-state index in [4.69, 9.17) is 5.73 Å². The minimum Gasteiger partial charge on any atom is -0.317 e. The van der Waals surface area contributed by atoms with Gasteiger partial charge in [0.15, 0.2) is 0 Å². The SMILES string of the molecule is NC1(C(F)(F)F)Cc2ccccc2C1. The van der Waals surface area contributed by atoms with E-state index in [9.17, 15) is 13.2 Å². The smallest absolute Gasteiger partial charge is 0.317 e. The second-order valence-electron chi connectivity index (χ2n) is 3.78. The molecular formula is C10H10F3N. The summed E-state index contributed by atoms with van der Waals surface area (Å²) in [4.78, 5) is 0. The van der Waals surface area contributed by atoms with Crippen molar-refractivity contribution in [2.24, 2.45) is 5.73 Å². The standard InChI is InChI=1S/C10H10F3N/c11-10(12,13)9(14)5-7-3-1-2-4-8(7)6-9/h1-4H,5-6,14H2. The fourth-order valence-corrected chi connectivity index (χ4v) is 1.85. The van der Waals surface area contributed by atoms with Crippen LogP contribution in [0.5, 0.6) is 0 Å². The number of alkyl halides is 3. The van der Waals surface area contributed by atoms with Crippen molar-refractivity contribution in [2.45, 2.75) is 24.6 Å². The largest absolute Gasteiger partial charge is 0.407 e. The molecule has 1 aliphatic rings. The van der Waals surface area contributed by atoms with Crippen molar-refractivity contribution < 1.29 is 13.2 Å². The first-order valence-electron chi connectivity index (χ1n) is 4.35. The Bertz CT molecular complexity index is 332. The molecule has 1 aromatic rings. The second-order valence-corrected chi connectivity index (χ2v) is 3.78. The van der Waals surface area contributed by atoms with E-state index in [0.717, 1.165) is 0 Å². The molecule has 0 unspecified atom stereocenters. The first-order valence-corrected chi connectivity index (χ1v) is 4.35. The highest BCUT2D eigenvalue weighted by atomic mass is 19.4. The summed E-state index contributed by atoms with van der Waals surface area (Å²) < 4.78 is 37.8. The number of fused-ring (bicyclic) bond motifs is 1. The fraction of sp³-hybridized carbons (Fsp3) is 0.400. The second kappa shape index (κ2) is 2.73. The first kappa shape index (κ1) is 9.52. The number of nitrogens with two attached hydrogens (primary N) is 1. The molecule has 2 rings (SSSR count). The topological polar surface area (TPSA) is 26.0 Å². The van der Waals surface area contributed by atoms with E-state index in [1.54, 1.807) is 24.3 Å². The van der Waals surface area contributed by atoms with Gasteiger partial charge in [-0.2, -0.15) is 13.2 Å². The Hall–Kier alpha value is -1.03. The molecule has 0 spiro atoms. The summed E-state index contributed by atoms with van der Waals surface area (Å²) >= 11 is 0. The molecular weight excluding hydrogens is 191 g/mol. The van der Waals surface area contributed by atoms with Crippen LogP contribution in [-0.2, 0) is 12.8 Å². The maximum Gasteiger partial charge on any atom is 0.407 e. The van der Waals surface area contributed by atoms with Crippen molar-refractivity contribution in [1.29, 1.82) is 0 Å². The molecule has 1 nitrogen and oxygen atoms in total. The minimum atomic E-state index is -4.33. The molecule has 0 radical (unpaired) electrons. The molecule has 1 aromatic carbocycles. The maximum atomic E-state index is 12.6. The highest BCUT2D eigenvalue weighted by Crippen LogP contribution is 2.39. The minimum absolute atomic E-state index is 0.104. The summed E-state index contributed by atoms with van der Waals surface area (Å²) in [5.74, 6) is 0. The van der Waals surface area contributed by atoms with E-state index in [1.807, 2.05) is 0 Å². The number of rotatable bonds is 0. The third-order valence-corrected chi connectivity index (χ3v) is 2.69. The van der Waals surface area contributed by atoms with Crippen molar-refractivity contribution >= 4 is 0 Å². The number of benzene rings is 1. The molecule has 1 aliphatic carbocycles. The lowest BCUT2D eigenvalue weighted by molar-refractivity contribution is -0.182. The summed E-state index contributed by atoms with van der Waals surface area (Å²) in [6, 6.07) is 6.88. The Labute approximate surface area is 79.7 Å². The molecule has 0 atom stereocenters. The van der Waals surface area contributed by atoms with Crippen LogP contribution in [0.3, 0.4) is 0 Å². The predicted molar refractivity (Wildman–Crippen MR) is 46.8 cm³/mol.